The molecule has 2 aromatic rings. The highest BCUT2D eigenvalue weighted by Gasteiger charge is 2.13. The molecule has 0 saturated heterocycles. The van der Waals surface area contributed by atoms with E-state index in [2.05, 4.69) is 20.8 Å². The van der Waals surface area contributed by atoms with Crippen molar-refractivity contribution in [2.45, 2.75) is 26.2 Å². The SMILES string of the molecule is CC(C)(C)c1ccc(OCC(=O)c2ccc(F)cc2)cc1. The maximum atomic E-state index is 12.8. The minimum atomic E-state index is -0.356. The van der Waals surface area contributed by atoms with E-state index in [1.165, 1.54) is 29.8 Å². The van der Waals surface area contributed by atoms with Crippen molar-refractivity contribution < 1.29 is 13.9 Å². The van der Waals surface area contributed by atoms with Gasteiger partial charge < -0.3 is 4.74 Å². The lowest BCUT2D eigenvalue weighted by Gasteiger charge is -2.19. The van der Waals surface area contributed by atoms with Crippen LogP contribution in [0.25, 0.3) is 0 Å². The molecule has 0 fully saturated rings. The van der Waals surface area contributed by atoms with Crippen molar-refractivity contribution in [2.75, 3.05) is 6.61 Å². The van der Waals surface area contributed by atoms with Gasteiger partial charge >= 0.3 is 0 Å². The van der Waals surface area contributed by atoms with Gasteiger partial charge in [-0.3, -0.25) is 4.79 Å². The van der Waals surface area contributed by atoms with Gasteiger partial charge in [-0.1, -0.05) is 32.9 Å². The van der Waals surface area contributed by atoms with Crippen LogP contribution in [-0.4, -0.2) is 12.4 Å². The molecule has 21 heavy (non-hydrogen) atoms. The summed E-state index contributed by atoms with van der Waals surface area (Å²) >= 11 is 0. The first kappa shape index (κ1) is 15.2. The molecule has 3 heteroatoms. The van der Waals surface area contributed by atoms with Crippen molar-refractivity contribution >= 4 is 5.78 Å². The fraction of sp³-hybridized carbons (Fsp3) is 0.278. The van der Waals surface area contributed by atoms with Gasteiger partial charge in [0.15, 0.2) is 12.4 Å². The van der Waals surface area contributed by atoms with E-state index < -0.39 is 0 Å². The van der Waals surface area contributed by atoms with Crippen LogP contribution >= 0.6 is 0 Å². The van der Waals surface area contributed by atoms with Crippen LogP contribution in [-0.2, 0) is 5.41 Å². The zero-order valence-electron chi connectivity index (χ0n) is 12.5. The van der Waals surface area contributed by atoms with Gasteiger partial charge in [0.2, 0.25) is 0 Å². The molecule has 0 N–H and O–H groups in total. The standard InChI is InChI=1S/C18H19FO2/c1-18(2,3)14-6-10-16(11-7-14)21-12-17(20)13-4-8-15(19)9-5-13/h4-11H,12H2,1-3H3. The van der Waals surface area contributed by atoms with Crippen molar-refractivity contribution in [1.29, 1.82) is 0 Å². The number of halogens is 1. The van der Waals surface area contributed by atoms with E-state index in [1.54, 1.807) is 0 Å². The zero-order chi connectivity index (χ0) is 15.5. The molecule has 0 aliphatic rings. The Morgan fingerprint density at radius 1 is 1.00 bits per heavy atom. The molecule has 0 unspecified atom stereocenters. The minimum Gasteiger partial charge on any atom is -0.485 e. The molecule has 0 spiro atoms. The second-order valence-electron chi connectivity index (χ2n) is 5.99. The van der Waals surface area contributed by atoms with Gasteiger partial charge in [-0.2, -0.15) is 0 Å². The first-order chi connectivity index (χ1) is 9.86. The van der Waals surface area contributed by atoms with Gasteiger partial charge in [0.25, 0.3) is 0 Å². The summed E-state index contributed by atoms with van der Waals surface area (Å²) in [5.74, 6) is 0.124. The molecule has 2 rings (SSSR count). The molecule has 0 saturated carbocycles. The van der Waals surface area contributed by atoms with Crippen LogP contribution in [0, 0.1) is 5.82 Å². The molecule has 0 amide bonds. The first-order valence-corrected chi connectivity index (χ1v) is 6.88. The van der Waals surface area contributed by atoms with Crippen LogP contribution < -0.4 is 4.74 Å². The third-order valence-electron chi connectivity index (χ3n) is 3.26. The minimum absolute atomic E-state index is 0.0551. The molecule has 0 aliphatic carbocycles. The Bertz CT molecular complexity index is 607. The van der Waals surface area contributed by atoms with Gasteiger partial charge in [0, 0.05) is 5.56 Å². The Kier molecular flexibility index (Phi) is 4.41. The normalized spacial score (nSPS) is 11.2. The highest BCUT2D eigenvalue weighted by Crippen LogP contribution is 2.24. The summed E-state index contributed by atoms with van der Waals surface area (Å²) in [4.78, 5) is 11.9. The van der Waals surface area contributed by atoms with E-state index in [0.29, 0.717) is 11.3 Å². The molecular weight excluding hydrogens is 267 g/mol. The Hall–Kier alpha value is -2.16. The van der Waals surface area contributed by atoms with Gasteiger partial charge in [-0.05, 0) is 47.4 Å². The first-order valence-electron chi connectivity index (χ1n) is 6.88. The number of carbonyl (C=O) groups excluding carboxylic acids is 1. The second-order valence-corrected chi connectivity index (χ2v) is 5.99. The van der Waals surface area contributed by atoms with E-state index in [1.807, 2.05) is 24.3 Å². The zero-order valence-corrected chi connectivity index (χ0v) is 12.5. The quantitative estimate of drug-likeness (QED) is 0.779. The lowest BCUT2D eigenvalue weighted by molar-refractivity contribution is 0.0921. The number of carbonyl (C=O) groups is 1. The van der Waals surface area contributed by atoms with Crippen molar-refractivity contribution in [2.24, 2.45) is 0 Å². The van der Waals surface area contributed by atoms with Crippen LogP contribution in [0.5, 0.6) is 5.75 Å². The maximum absolute atomic E-state index is 12.8. The van der Waals surface area contributed by atoms with Crippen LogP contribution in [0.3, 0.4) is 0 Å². The number of ether oxygens (including phenoxy) is 1. The monoisotopic (exact) mass is 286 g/mol. The lowest BCUT2D eigenvalue weighted by Crippen LogP contribution is -2.13. The third-order valence-corrected chi connectivity index (χ3v) is 3.26. The molecule has 0 aromatic heterocycles. The number of benzene rings is 2. The van der Waals surface area contributed by atoms with E-state index in [-0.39, 0.29) is 23.6 Å². The molecule has 2 nitrogen and oxygen atoms in total. The molecular formula is C18H19FO2. The van der Waals surface area contributed by atoms with Crippen molar-refractivity contribution in [1.82, 2.24) is 0 Å². The van der Waals surface area contributed by atoms with Gasteiger partial charge in [-0.15, -0.1) is 0 Å². The van der Waals surface area contributed by atoms with Crippen LogP contribution in [0.4, 0.5) is 4.39 Å². The highest BCUT2D eigenvalue weighted by molar-refractivity contribution is 5.97. The molecule has 110 valence electrons. The van der Waals surface area contributed by atoms with Crippen LogP contribution in [0.1, 0.15) is 36.7 Å². The number of ketones is 1. The summed E-state index contributed by atoms with van der Waals surface area (Å²) in [7, 11) is 0. The van der Waals surface area contributed by atoms with E-state index in [4.69, 9.17) is 4.74 Å². The Balaban J connectivity index is 1.97. The largest absolute Gasteiger partial charge is 0.485 e. The number of Topliss-reactive ketones (excluding diaryl/α,β-unsaturated/α-hetero) is 1. The van der Waals surface area contributed by atoms with Crippen molar-refractivity contribution in [3.8, 4) is 5.75 Å². The second kappa shape index (κ2) is 6.08. The smallest absolute Gasteiger partial charge is 0.200 e. The molecule has 0 atom stereocenters. The predicted octanol–water partition coefficient (Wildman–Crippen LogP) is 4.38. The van der Waals surface area contributed by atoms with Crippen molar-refractivity contribution in [3.63, 3.8) is 0 Å². The third kappa shape index (κ3) is 4.15. The number of hydrogen-bond donors (Lipinski definition) is 0. The molecule has 0 bridgehead atoms. The average molecular weight is 286 g/mol. The van der Waals surface area contributed by atoms with Gasteiger partial charge in [0.05, 0.1) is 0 Å². The maximum Gasteiger partial charge on any atom is 0.200 e. The average Bonchev–Trinajstić information content (AvgIpc) is 2.45. The van der Waals surface area contributed by atoms with Gasteiger partial charge in [0.1, 0.15) is 11.6 Å². The predicted molar refractivity (Wildman–Crippen MR) is 81.4 cm³/mol. The topological polar surface area (TPSA) is 26.3 Å². The summed E-state index contributed by atoms with van der Waals surface area (Å²) in [5.41, 5.74) is 1.74. The fourth-order valence-electron chi connectivity index (χ4n) is 1.92. The summed E-state index contributed by atoms with van der Waals surface area (Å²) in [6.07, 6.45) is 0. The van der Waals surface area contributed by atoms with Crippen molar-refractivity contribution in [3.05, 3.63) is 65.5 Å². The van der Waals surface area contributed by atoms with E-state index >= 15 is 0 Å². The molecule has 0 radical (unpaired) electrons. The lowest BCUT2D eigenvalue weighted by atomic mass is 9.87. The summed E-state index contributed by atoms with van der Waals surface area (Å²) in [6, 6.07) is 13.2. The summed E-state index contributed by atoms with van der Waals surface area (Å²) in [5, 5.41) is 0. The van der Waals surface area contributed by atoms with Crippen LogP contribution in [0.15, 0.2) is 48.5 Å². The summed E-state index contributed by atoms with van der Waals surface area (Å²) < 4.78 is 18.3. The Morgan fingerprint density at radius 2 is 1.57 bits per heavy atom. The van der Waals surface area contributed by atoms with E-state index in [9.17, 15) is 9.18 Å². The van der Waals surface area contributed by atoms with Crippen LogP contribution in [0.2, 0.25) is 0 Å². The highest BCUT2D eigenvalue weighted by atomic mass is 19.1. The Labute approximate surface area is 124 Å². The molecule has 0 heterocycles. The number of hydrogen-bond acceptors (Lipinski definition) is 2. The summed E-state index contributed by atoms with van der Waals surface area (Å²) in [6.45, 7) is 6.36. The van der Waals surface area contributed by atoms with Gasteiger partial charge in [-0.25, -0.2) is 4.39 Å². The fourth-order valence-corrected chi connectivity index (χ4v) is 1.92. The molecule has 2 aromatic carbocycles. The molecule has 0 aliphatic heterocycles. The van der Waals surface area contributed by atoms with E-state index in [0.717, 1.165) is 0 Å². The Morgan fingerprint density at radius 3 is 2.10 bits per heavy atom. The number of rotatable bonds is 4.